The molecule has 0 radical (unpaired) electrons. The van der Waals surface area contributed by atoms with E-state index in [0.717, 1.165) is 6.92 Å². The summed E-state index contributed by atoms with van der Waals surface area (Å²) >= 11 is -0.365. The molecule has 0 aliphatic carbocycles. The van der Waals surface area contributed by atoms with E-state index in [2.05, 4.69) is 0 Å². The van der Waals surface area contributed by atoms with E-state index < -0.39 is 11.7 Å². The SMILES string of the molecule is C[C@@](F)(CF)[S+]=O. The minimum absolute atomic E-state index is 0.365. The third-order valence-corrected chi connectivity index (χ3v) is 0.869. The van der Waals surface area contributed by atoms with Gasteiger partial charge in [-0.2, -0.15) is 4.39 Å². The summed E-state index contributed by atoms with van der Waals surface area (Å²) in [5, 5.41) is -2.22. The van der Waals surface area contributed by atoms with E-state index in [9.17, 15) is 13.0 Å². The van der Waals surface area contributed by atoms with Crippen LogP contribution in [0.25, 0.3) is 0 Å². The van der Waals surface area contributed by atoms with E-state index in [0.29, 0.717) is 0 Å². The molecule has 0 N–H and O–H groups in total. The topological polar surface area (TPSA) is 17.1 Å². The average molecular weight is 127 g/mol. The van der Waals surface area contributed by atoms with Gasteiger partial charge in [0.15, 0.2) is 6.67 Å². The first kappa shape index (κ1) is 6.88. The lowest BCUT2D eigenvalue weighted by Crippen LogP contribution is -2.17. The zero-order chi connectivity index (χ0) is 5.91. The fourth-order valence-electron chi connectivity index (χ4n) is 0.0223. The smallest absolute Gasteiger partial charge is 0.241 e. The van der Waals surface area contributed by atoms with E-state index in [1.165, 1.54) is 0 Å². The van der Waals surface area contributed by atoms with Gasteiger partial charge in [0.25, 0.3) is 0 Å². The van der Waals surface area contributed by atoms with Crippen molar-refractivity contribution in [2.24, 2.45) is 0 Å². The Balaban J connectivity index is 3.58. The fraction of sp³-hybridized carbons (Fsp3) is 1.00. The third kappa shape index (κ3) is 2.56. The zero-order valence-corrected chi connectivity index (χ0v) is 4.60. The van der Waals surface area contributed by atoms with E-state index in [4.69, 9.17) is 0 Å². The van der Waals surface area contributed by atoms with Gasteiger partial charge < -0.3 is 0 Å². The molecule has 42 valence electrons. The molecule has 1 atom stereocenters. The number of alkyl halides is 2. The van der Waals surface area contributed by atoms with Crippen molar-refractivity contribution < 1.29 is 13.0 Å². The molecule has 0 heterocycles. The molecule has 4 heteroatoms. The van der Waals surface area contributed by atoms with Crippen LogP contribution in [0.5, 0.6) is 0 Å². The van der Waals surface area contributed by atoms with Crippen LogP contribution in [0.2, 0.25) is 0 Å². The van der Waals surface area contributed by atoms with Gasteiger partial charge in [0, 0.05) is 11.1 Å². The number of halogens is 2. The van der Waals surface area contributed by atoms with Gasteiger partial charge in [0.1, 0.15) is 0 Å². The second-order valence-electron chi connectivity index (χ2n) is 1.32. The minimum Gasteiger partial charge on any atom is -0.241 e. The van der Waals surface area contributed by atoms with Gasteiger partial charge in [-0.25, -0.2) is 4.39 Å². The van der Waals surface area contributed by atoms with Crippen LogP contribution in [0.1, 0.15) is 6.92 Å². The maximum absolute atomic E-state index is 11.8. The maximum atomic E-state index is 11.8. The summed E-state index contributed by atoms with van der Waals surface area (Å²) in [5.41, 5.74) is 0. The standard InChI is InChI=1S/C3H5F2OS/c1-3(5,2-4)7-6/h2H2,1H3/q+1/t3-/m0/s1. The van der Waals surface area contributed by atoms with Crippen molar-refractivity contribution in [3.8, 4) is 0 Å². The Kier molecular flexibility index (Phi) is 2.22. The Morgan fingerprint density at radius 2 is 2.29 bits per heavy atom. The molecule has 0 aliphatic heterocycles. The first-order valence-electron chi connectivity index (χ1n) is 1.68. The van der Waals surface area contributed by atoms with Crippen LogP contribution in [0.3, 0.4) is 0 Å². The van der Waals surface area contributed by atoms with Crippen molar-refractivity contribution in [3.63, 3.8) is 0 Å². The first-order chi connectivity index (χ1) is 3.12. The Bertz CT molecular complexity index is 73.3. The van der Waals surface area contributed by atoms with Gasteiger partial charge in [-0.05, 0) is 0 Å². The van der Waals surface area contributed by atoms with Gasteiger partial charge in [-0.1, -0.05) is 0 Å². The van der Waals surface area contributed by atoms with Crippen LogP contribution in [-0.2, 0) is 15.9 Å². The van der Waals surface area contributed by atoms with Gasteiger partial charge in [0.2, 0.25) is 0 Å². The van der Waals surface area contributed by atoms with Gasteiger partial charge in [-0.15, -0.1) is 0 Å². The molecule has 0 amide bonds. The van der Waals surface area contributed by atoms with Crippen molar-refractivity contribution >= 4 is 11.7 Å². The second-order valence-corrected chi connectivity index (χ2v) is 2.34. The van der Waals surface area contributed by atoms with Crippen molar-refractivity contribution in [2.45, 2.75) is 11.9 Å². The predicted octanol–water partition coefficient (Wildman–Crippen LogP) is 1.07. The molecule has 0 bridgehead atoms. The highest BCUT2D eigenvalue weighted by Gasteiger charge is 2.38. The summed E-state index contributed by atoms with van der Waals surface area (Å²) in [7, 11) is 0. The molecule has 0 fully saturated rings. The Morgan fingerprint density at radius 1 is 1.86 bits per heavy atom. The molecule has 0 aromatic carbocycles. The Hall–Kier alpha value is -0.120. The van der Waals surface area contributed by atoms with Crippen LogP contribution < -0.4 is 0 Å². The summed E-state index contributed by atoms with van der Waals surface area (Å²) in [6, 6.07) is 0. The normalized spacial score (nSPS) is 18.1. The lowest BCUT2D eigenvalue weighted by molar-refractivity contribution is 0.240. The van der Waals surface area contributed by atoms with Crippen LogP contribution in [0.4, 0.5) is 8.78 Å². The van der Waals surface area contributed by atoms with E-state index >= 15 is 0 Å². The summed E-state index contributed by atoms with van der Waals surface area (Å²) in [4.78, 5) is 0. The average Bonchev–Trinajstić information content (AvgIpc) is 1.68. The van der Waals surface area contributed by atoms with E-state index in [1.807, 2.05) is 0 Å². The maximum Gasteiger partial charge on any atom is 0.504 e. The second kappa shape index (κ2) is 2.26. The molecular weight excluding hydrogens is 122 g/mol. The molecule has 0 spiro atoms. The summed E-state index contributed by atoms with van der Waals surface area (Å²) < 4.78 is 32.5. The molecule has 7 heavy (non-hydrogen) atoms. The van der Waals surface area contributed by atoms with Gasteiger partial charge >= 0.3 is 16.7 Å². The highest BCUT2D eigenvalue weighted by atomic mass is 32.1. The van der Waals surface area contributed by atoms with Crippen molar-refractivity contribution in [2.75, 3.05) is 6.67 Å². The summed E-state index contributed by atoms with van der Waals surface area (Å²) in [6.07, 6.45) is 0. The quantitative estimate of drug-likeness (QED) is 0.507. The zero-order valence-electron chi connectivity index (χ0n) is 3.78. The van der Waals surface area contributed by atoms with Crippen LogP contribution >= 0.6 is 0 Å². The van der Waals surface area contributed by atoms with Crippen LogP contribution in [0, 0.1) is 0 Å². The third-order valence-electron chi connectivity index (χ3n) is 0.412. The lowest BCUT2D eigenvalue weighted by Gasteiger charge is -1.87. The molecule has 0 rings (SSSR count). The van der Waals surface area contributed by atoms with Crippen LogP contribution in [-0.4, -0.2) is 11.7 Å². The molecular formula is C3H5F2OS+. The van der Waals surface area contributed by atoms with Crippen molar-refractivity contribution in [3.05, 3.63) is 0 Å². The molecule has 0 aliphatic rings. The Morgan fingerprint density at radius 3 is 2.29 bits per heavy atom. The van der Waals surface area contributed by atoms with Crippen LogP contribution in [0.15, 0.2) is 0 Å². The van der Waals surface area contributed by atoms with Gasteiger partial charge in [0.05, 0.1) is 0 Å². The summed E-state index contributed by atoms with van der Waals surface area (Å²) in [6.45, 7) is -0.314. The lowest BCUT2D eigenvalue weighted by atomic mass is 10.5. The summed E-state index contributed by atoms with van der Waals surface area (Å²) in [5.74, 6) is 0. The van der Waals surface area contributed by atoms with Crippen molar-refractivity contribution in [1.29, 1.82) is 0 Å². The first-order valence-corrected chi connectivity index (χ1v) is 2.42. The predicted molar refractivity (Wildman–Crippen MR) is 23.5 cm³/mol. The van der Waals surface area contributed by atoms with E-state index in [1.54, 1.807) is 0 Å². The number of hydrogen-bond acceptors (Lipinski definition) is 1. The van der Waals surface area contributed by atoms with Crippen molar-refractivity contribution in [1.82, 2.24) is 0 Å². The molecule has 0 aromatic heterocycles. The number of hydrogen-bond donors (Lipinski definition) is 0. The molecule has 1 nitrogen and oxygen atoms in total. The highest BCUT2D eigenvalue weighted by Crippen LogP contribution is 2.07. The minimum atomic E-state index is -2.22. The largest absolute Gasteiger partial charge is 0.504 e. The molecule has 0 saturated heterocycles. The Labute approximate surface area is 44.2 Å². The van der Waals surface area contributed by atoms with Gasteiger partial charge in [-0.3, -0.25) is 0 Å². The molecule has 0 saturated carbocycles. The highest BCUT2D eigenvalue weighted by molar-refractivity contribution is 7.67. The number of rotatable bonds is 2. The fourth-order valence-corrected chi connectivity index (χ4v) is 0.0668. The molecule has 0 unspecified atom stereocenters. The monoisotopic (exact) mass is 127 g/mol. The molecule has 0 aromatic rings. The van der Waals surface area contributed by atoms with E-state index in [-0.39, 0.29) is 11.7 Å².